The molecule has 0 heterocycles. The van der Waals surface area contributed by atoms with Crippen molar-refractivity contribution in [3.05, 3.63) is 35.1 Å². The second kappa shape index (κ2) is 4.19. The fraction of sp³-hybridized carbons (Fsp3) is 0.300. The smallest absolute Gasteiger partial charge is 0.219 e. The van der Waals surface area contributed by atoms with Gasteiger partial charge in [0, 0.05) is 18.0 Å². The molecule has 1 rings (SSSR count). The highest BCUT2D eigenvalue weighted by molar-refractivity contribution is 5.74. The summed E-state index contributed by atoms with van der Waals surface area (Å²) in [4.78, 5) is 10.6. The molecule has 1 aromatic carbocycles. The number of benzene rings is 1. The first kappa shape index (κ1) is 10.7. The molecule has 0 saturated heterocycles. The molecule has 0 unspecified atom stereocenters. The van der Waals surface area contributed by atoms with Crippen LogP contribution in [0.15, 0.2) is 18.2 Å². The van der Waals surface area contributed by atoms with Crippen molar-refractivity contribution in [1.29, 1.82) is 0 Å². The summed E-state index contributed by atoms with van der Waals surface area (Å²) < 4.78 is 13.2. The van der Waals surface area contributed by atoms with E-state index >= 15 is 0 Å². The standard InChI is InChI=1S/C10H13FN2O/c1-6-2-3-8(11)7(4-6)9(12)5-10(13)14/h2-4,9H,5,12H2,1H3,(H2,13,14)/t9-/m0/s1. The van der Waals surface area contributed by atoms with Crippen molar-refractivity contribution in [2.75, 3.05) is 0 Å². The van der Waals surface area contributed by atoms with Gasteiger partial charge in [0.25, 0.3) is 0 Å². The van der Waals surface area contributed by atoms with Crippen LogP contribution < -0.4 is 11.5 Å². The van der Waals surface area contributed by atoms with Crippen molar-refractivity contribution in [2.45, 2.75) is 19.4 Å². The van der Waals surface area contributed by atoms with E-state index in [1.165, 1.54) is 6.07 Å². The first-order valence-corrected chi connectivity index (χ1v) is 4.30. The molecule has 0 fully saturated rings. The summed E-state index contributed by atoms with van der Waals surface area (Å²) in [6, 6.07) is 3.96. The number of halogens is 1. The average molecular weight is 196 g/mol. The lowest BCUT2D eigenvalue weighted by Gasteiger charge is -2.11. The van der Waals surface area contributed by atoms with E-state index in [-0.39, 0.29) is 6.42 Å². The Hall–Kier alpha value is -1.42. The summed E-state index contributed by atoms with van der Waals surface area (Å²) in [6.07, 6.45) is -0.0413. The predicted molar refractivity (Wildman–Crippen MR) is 51.9 cm³/mol. The topological polar surface area (TPSA) is 69.1 Å². The molecule has 3 nitrogen and oxygen atoms in total. The number of hydrogen-bond acceptors (Lipinski definition) is 2. The van der Waals surface area contributed by atoms with Crippen LogP contribution in [0, 0.1) is 12.7 Å². The molecule has 76 valence electrons. The minimum absolute atomic E-state index is 0.0413. The molecule has 0 aliphatic rings. The van der Waals surface area contributed by atoms with Gasteiger partial charge in [-0.2, -0.15) is 0 Å². The maximum atomic E-state index is 13.2. The number of hydrogen-bond donors (Lipinski definition) is 2. The van der Waals surface area contributed by atoms with E-state index in [2.05, 4.69) is 0 Å². The van der Waals surface area contributed by atoms with Gasteiger partial charge in [0.2, 0.25) is 5.91 Å². The Labute approximate surface area is 81.9 Å². The Kier molecular flexibility index (Phi) is 3.19. The maximum absolute atomic E-state index is 13.2. The highest BCUT2D eigenvalue weighted by Crippen LogP contribution is 2.18. The lowest BCUT2D eigenvalue weighted by molar-refractivity contribution is -0.118. The maximum Gasteiger partial charge on any atom is 0.219 e. The van der Waals surface area contributed by atoms with Crippen LogP contribution in [0.25, 0.3) is 0 Å². The summed E-state index contributed by atoms with van der Waals surface area (Å²) in [5.74, 6) is -0.928. The molecule has 0 spiro atoms. The Balaban J connectivity index is 2.93. The van der Waals surface area contributed by atoms with E-state index in [4.69, 9.17) is 11.5 Å². The van der Waals surface area contributed by atoms with E-state index in [1.807, 2.05) is 6.92 Å². The van der Waals surface area contributed by atoms with E-state index in [0.29, 0.717) is 5.56 Å². The Morgan fingerprint density at radius 2 is 2.21 bits per heavy atom. The lowest BCUT2D eigenvalue weighted by atomic mass is 10.0. The van der Waals surface area contributed by atoms with Crippen LogP contribution in [0.3, 0.4) is 0 Å². The van der Waals surface area contributed by atoms with Crippen LogP contribution in [0.4, 0.5) is 4.39 Å². The predicted octanol–water partition coefficient (Wildman–Crippen LogP) is 1.01. The summed E-state index contributed by atoms with van der Waals surface area (Å²) >= 11 is 0. The van der Waals surface area contributed by atoms with E-state index in [9.17, 15) is 9.18 Å². The summed E-state index contributed by atoms with van der Waals surface area (Å²) in [7, 11) is 0. The molecule has 4 heteroatoms. The SMILES string of the molecule is Cc1ccc(F)c([C@@H](N)CC(N)=O)c1. The quantitative estimate of drug-likeness (QED) is 0.757. The van der Waals surface area contributed by atoms with Gasteiger partial charge in [-0.25, -0.2) is 4.39 Å². The molecular weight excluding hydrogens is 183 g/mol. The van der Waals surface area contributed by atoms with Crippen molar-refractivity contribution >= 4 is 5.91 Å². The van der Waals surface area contributed by atoms with Gasteiger partial charge in [0.15, 0.2) is 0 Å². The van der Waals surface area contributed by atoms with Crippen molar-refractivity contribution in [1.82, 2.24) is 0 Å². The number of amides is 1. The molecule has 1 atom stereocenters. The fourth-order valence-corrected chi connectivity index (χ4v) is 1.27. The monoisotopic (exact) mass is 196 g/mol. The number of nitrogens with two attached hydrogens (primary N) is 2. The second-order valence-corrected chi connectivity index (χ2v) is 3.30. The summed E-state index contributed by atoms with van der Waals surface area (Å²) in [5.41, 5.74) is 11.8. The minimum Gasteiger partial charge on any atom is -0.370 e. The normalized spacial score (nSPS) is 12.5. The van der Waals surface area contributed by atoms with Crippen molar-refractivity contribution in [2.24, 2.45) is 11.5 Å². The van der Waals surface area contributed by atoms with Crippen LogP contribution in [0.2, 0.25) is 0 Å². The zero-order chi connectivity index (χ0) is 10.7. The van der Waals surface area contributed by atoms with Gasteiger partial charge in [-0.15, -0.1) is 0 Å². The first-order valence-electron chi connectivity index (χ1n) is 4.30. The number of carbonyl (C=O) groups is 1. The lowest BCUT2D eigenvalue weighted by Crippen LogP contribution is -2.21. The average Bonchev–Trinajstić information content (AvgIpc) is 2.08. The van der Waals surface area contributed by atoms with Crippen LogP contribution in [-0.2, 0) is 4.79 Å². The van der Waals surface area contributed by atoms with Crippen molar-refractivity contribution < 1.29 is 9.18 Å². The zero-order valence-corrected chi connectivity index (χ0v) is 7.96. The highest BCUT2D eigenvalue weighted by atomic mass is 19.1. The minimum atomic E-state index is -0.660. The van der Waals surface area contributed by atoms with Gasteiger partial charge in [0.05, 0.1) is 0 Å². The van der Waals surface area contributed by atoms with E-state index < -0.39 is 17.8 Å². The fourth-order valence-electron chi connectivity index (χ4n) is 1.27. The number of carbonyl (C=O) groups excluding carboxylic acids is 1. The third kappa shape index (κ3) is 2.53. The molecule has 4 N–H and O–H groups in total. The summed E-state index contributed by atoms with van der Waals surface area (Å²) in [6.45, 7) is 1.83. The van der Waals surface area contributed by atoms with Crippen LogP contribution in [0.1, 0.15) is 23.6 Å². The molecule has 0 aromatic heterocycles. The van der Waals surface area contributed by atoms with Gasteiger partial charge >= 0.3 is 0 Å². The number of aryl methyl sites for hydroxylation is 1. The van der Waals surface area contributed by atoms with Crippen molar-refractivity contribution in [3.63, 3.8) is 0 Å². The van der Waals surface area contributed by atoms with Gasteiger partial charge in [0.1, 0.15) is 5.82 Å². The molecule has 0 radical (unpaired) electrons. The molecular formula is C10H13FN2O. The van der Waals surface area contributed by atoms with Crippen LogP contribution in [0.5, 0.6) is 0 Å². The van der Waals surface area contributed by atoms with Gasteiger partial charge < -0.3 is 11.5 Å². The molecule has 1 aromatic rings. The van der Waals surface area contributed by atoms with Gasteiger partial charge in [-0.3, -0.25) is 4.79 Å². The molecule has 0 aliphatic carbocycles. The Bertz CT molecular complexity index is 352. The Morgan fingerprint density at radius 3 is 2.79 bits per heavy atom. The number of primary amides is 1. The molecule has 1 amide bonds. The third-order valence-corrected chi connectivity index (χ3v) is 1.97. The molecule has 0 aliphatic heterocycles. The van der Waals surface area contributed by atoms with Crippen molar-refractivity contribution in [3.8, 4) is 0 Å². The summed E-state index contributed by atoms with van der Waals surface area (Å²) in [5, 5.41) is 0. The number of rotatable bonds is 3. The second-order valence-electron chi connectivity index (χ2n) is 3.30. The largest absolute Gasteiger partial charge is 0.370 e. The highest BCUT2D eigenvalue weighted by Gasteiger charge is 2.13. The van der Waals surface area contributed by atoms with Crippen LogP contribution in [-0.4, -0.2) is 5.91 Å². The molecule has 14 heavy (non-hydrogen) atoms. The van der Waals surface area contributed by atoms with Gasteiger partial charge in [-0.1, -0.05) is 17.7 Å². The third-order valence-electron chi connectivity index (χ3n) is 1.97. The van der Waals surface area contributed by atoms with E-state index in [0.717, 1.165) is 5.56 Å². The molecule has 0 saturated carbocycles. The first-order chi connectivity index (χ1) is 6.50. The van der Waals surface area contributed by atoms with Crippen LogP contribution >= 0.6 is 0 Å². The van der Waals surface area contributed by atoms with E-state index in [1.54, 1.807) is 12.1 Å². The van der Waals surface area contributed by atoms with Gasteiger partial charge in [-0.05, 0) is 13.0 Å². The zero-order valence-electron chi connectivity index (χ0n) is 7.96. The molecule has 0 bridgehead atoms. The Morgan fingerprint density at radius 1 is 1.57 bits per heavy atom.